The Bertz CT molecular complexity index is 936. The van der Waals surface area contributed by atoms with Crippen molar-refractivity contribution in [3.8, 4) is 0 Å². The van der Waals surface area contributed by atoms with Crippen molar-refractivity contribution in [2.75, 3.05) is 5.32 Å². The van der Waals surface area contributed by atoms with E-state index in [2.05, 4.69) is 10.6 Å². The predicted octanol–water partition coefficient (Wildman–Crippen LogP) is 2.14. The van der Waals surface area contributed by atoms with Crippen LogP contribution in [-0.2, 0) is 30.5 Å². The van der Waals surface area contributed by atoms with Crippen molar-refractivity contribution in [1.29, 1.82) is 0 Å². The molecular weight excluding hydrogens is 414 g/mol. The van der Waals surface area contributed by atoms with Crippen LogP contribution in [0, 0.1) is 5.41 Å². The van der Waals surface area contributed by atoms with E-state index in [0.29, 0.717) is 36.1 Å². The Kier molecular flexibility index (Phi) is 6.96. The van der Waals surface area contributed by atoms with Gasteiger partial charge in [0.25, 0.3) is 12.4 Å². The zero-order valence-electron chi connectivity index (χ0n) is 18.6. The van der Waals surface area contributed by atoms with Gasteiger partial charge in [0.05, 0.1) is 0 Å². The van der Waals surface area contributed by atoms with Crippen LogP contribution in [0.4, 0.5) is 5.69 Å². The van der Waals surface area contributed by atoms with Gasteiger partial charge in [-0.2, -0.15) is 0 Å². The molecule has 2 aliphatic heterocycles. The fraction of sp³-hybridized carbons (Fsp3) is 0.522. The molecular formula is C23H29N3O6. The third-order valence-electron chi connectivity index (χ3n) is 5.91. The molecule has 0 aliphatic carbocycles. The maximum atomic E-state index is 12.9. The normalized spacial score (nSPS) is 19.3. The van der Waals surface area contributed by atoms with E-state index in [1.165, 1.54) is 4.90 Å². The minimum atomic E-state index is -0.705. The van der Waals surface area contributed by atoms with Gasteiger partial charge < -0.3 is 15.0 Å². The number of amides is 4. The summed E-state index contributed by atoms with van der Waals surface area (Å²) in [6.07, 6.45) is 1.52. The molecule has 1 aromatic rings. The van der Waals surface area contributed by atoms with Crippen molar-refractivity contribution in [3.63, 3.8) is 0 Å². The number of anilines is 1. The summed E-state index contributed by atoms with van der Waals surface area (Å²) in [5.41, 5.74) is 1.41. The Morgan fingerprint density at radius 2 is 2.06 bits per heavy atom. The highest BCUT2D eigenvalue weighted by atomic mass is 16.5. The van der Waals surface area contributed by atoms with Gasteiger partial charge in [0.15, 0.2) is 0 Å². The molecule has 2 atom stereocenters. The van der Waals surface area contributed by atoms with Crippen LogP contribution in [0.25, 0.3) is 0 Å². The highest BCUT2D eigenvalue weighted by molar-refractivity contribution is 6.06. The van der Waals surface area contributed by atoms with E-state index in [0.717, 1.165) is 0 Å². The average Bonchev–Trinajstić information content (AvgIpc) is 3.04. The molecule has 172 valence electrons. The first kappa shape index (κ1) is 23.4. The lowest BCUT2D eigenvalue weighted by atomic mass is 9.86. The average molecular weight is 444 g/mol. The smallest absolute Gasteiger partial charge is 0.293 e. The molecule has 1 saturated heterocycles. The maximum Gasteiger partial charge on any atom is 0.293 e. The van der Waals surface area contributed by atoms with E-state index in [9.17, 15) is 24.0 Å². The van der Waals surface area contributed by atoms with Crippen molar-refractivity contribution in [2.45, 2.75) is 71.6 Å². The number of rotatable bonds is 8. The molecule has 2 unspecified atom stereocenters. The van der Waals surface area contributed by atoms with Crippen molar-refractivity contribution in [2.24, 2.45) is 5.41 Å². The second-order valence-electron chi connectivity index (χ2n) is 9.26. The standard InChI is InChI=1S/C23H29N3O6/c1-23(2,3)18(32-13-27)8-5-9-19(28)24-16-7-4-6-14-15(16)12-26(22(14)31)17-10-11-20(29)25-21(17)30/h4,6-7,13,17-18H,5,8-12H2,1-3H3,(H,24,28)(H,25,29,30). The first-order valence-corrected chi connectivity index (χ1v) is 10.8. The van der Waals surface area contributed by atoms with Crippen LogP contribution in [0.3, 0.4) is 0 Å². The minimum absolute atomic E-state index is 0.184. The summed E-state index contributed by atoms with van der Waals surface area (Å²) in [5.74, 6) is -1.30. The second kappa shape index (κ2) is 9.50. The molecule has 3 rings (SSSR count). The van der Waals surface area contributed by atoms with Crippen LogP contribution in [0.1, 0.15) is 68.8 Å². The topological polar surface area (TPSA) is 122 Å². The van der Waals surface area contributed by atoms with Gasteiger partial charge in [-0.3, -0.25) is 29.3 Å². The summed E-state index contributed by atoms with van der Waals surface area (Å²) < 4.78 is 5.15. The van der Waals surface area contributed by atoms with Crippen molar-refractivity contribution in [3.05, 3.63) is 29.3 Å². The van der Waals surface area contributed by atoms with Gasteiger partial charge in [-0.1, -0.05) is 26.8 Å². The van der Waals surface area contributed by atoms with Gasteiger partial charge in [0, 0.05) is 36.2 Å². The molecule has 32 heavy (non-hydrogen) atoms. The fourth-order valence-corrected chi connectivity index (χ4v) is 4.14. The number of piperidine rings is 1. The molecule has 4 amide bonds. The van der Waals surface area contributed by atoms with E-state index in [1.807, 2.05) is 20.8 Å². The summed E-state index contributed by atoms with van der Waals surface area (Å²) in [7, 11) is 0. The zero-order chi connectivity index (χ0) is 23.5. The largest absolute Gasteiger partial charge is 0.464 e. The summed E-state index contributed by atoms with van der Waals surface area (Å²) in [6, 6.07) is 4.38. The fourth-order valence-electron chi connectivity index (χ4n) is 4.14. The van der Waals surface area contributed by atoms with Crippen molar-refractivity contribution >= 4 is 35.8 Å². The van der Waals surface area contributed by atoms with E-state index in [4.69, 9.17) is 4.74 Å². The van der Waals surface area contributed by atoms with Gasteiger partial charge in [0.2, 0.25) is 17.7 Å². The van der Waals surface area contributed by atoms with Gasteiger partial charge in [-0.25, -0.2) is 0 Å². The number of nitrogens with zero attached hydrogens (tertiary/aromatic N) is 1. The molecule has 2 N–H and O–H groups in total. The molecule has 0 aromatic heterocycles. The Morgan fingerprint density at radius 1 is 1.31 bits per heavy atom. The third-order valence-corrected chi connectivity index (χ3v) is 5.91. The number of carbonyl (C=O) groups excluding carboxylic acids is 5. The number of nitrogens with one attached hydrogen (secondary N) is 2. The quantitative estimate of drug-likeness (QED) is 0.469. The van der Waals surface area contributed by atoms with Crippen LogP contribution in [0.15, 0.2) is 18.2 Å². The lowest BCUT2D eigenvalue weighted by molar-refractivity contribution is -0.139. The molecule has 2 aliphatic rings. The molecule has 1 fully saturated rings. The van der Waals surface area contributed by atoms with Gasteiger partial charge in [-0.05, 0) is 36.8 Å². The number of ether oxygens (including phenoxy) is 1. The van der Waals surface area contributed by atoms with Crippen LogP contribution < -0.4 is 10.6 Å². The van der Waals surface area contributed by atoms with Crippen LogP contribution in [0.5, 0.6) is 0 Å². The van der Waals surface area contributed by atoms with E-state index >= 15 is 0 Å². The Morgan fingerprint density at radius 3 is 2.72 bits per heavy atom. The van der Waals surface area contributed by atoms with Crippen molar-refractivity contribution < 1.29 is 28.7 Å². The Balaban J connectivity index is 1.63. The molecule has 9 heteroatoms. The SMILES string of the molecule is CC(C)(C)C(CCCC(=O)Nc1cccc2c1CN(C1CCC(=O)NC1=O)C2=O)OC=O. The highest BCUT2D eigenvalue weighted by Gasteiger charge is 2.40. The number of fused-ring (bicyclic) bond motifs is 1. The lowest BCUT2D eigenvalue weighted by Gasteiger charge is -2.29. The van der Waals surface area contributed by atoms with Gasteiger partial charge >= 0.3 is 0 Å². The highest BCUT2D eigenvalue weighted by Crippen LogP contribution is 2.32. The Labute approximate surface area is 186 Å². The second-order valence-corrected chi connectivity index (χ2v) is 9.26. The van der Waals surface area contributed by atoms with Gasteiger partial charge in [0.1, 0.15) is 12.1 Å². The predicted molar refractivity (Wildman–Crippen MR) is 115 cm³/mol. The molecule has 0 spiro atoms. The number of benzene rings is 1. The van der Waals surface area contributed by atoms with Crippen LogP contribution in [0.2, 0.25) is 0 Å². The molecule has 0 bridgehead atoms. The molecule has 2 heterocycles. The minimum Gasteiger partial charge on any atom is -0.464 e. The molecule has 9 nitrogen and oxygen atoms in total. The van der Waals surface area contributed by atoms with Crippen LogP contribution in [-0.4, -0.2) is 47.1 Å². The summed E-state index contributed by atoms with van der Waals surface area (Å²) >= 11 is 0. The van der Waals surface area contributed by atoms with Gasteiger partial charge in [-0.15, -0.1) is 0 Å². The van der Waals surface area contributed by atoms with Crippen molar-refractivity contribution in [1.82, 2.24) is 10.2 Å². The number of hydrogen-bond acceptors (Lipinski definition) is 6. The van der Waals surface area contributed by atoms with E-state index < -0.39 is 11.9 Å². The first-order chi connectivity index (χ1) is 15.1. The molecule has 0 saturated carbocycles. The van der Waals surface area contributed by atoms with Crippen LogP contribution >= 0.6 is 0 Å². The van der Waals surface area contributed by atoms with E-state index in [-0.39, 0.29) is 55.0 Å². The maximum absolute atomic E-state index is 12.9. The lowest BCUT2D eigenvalue weighted by Crippen LogP contribution is -2.52. The van der Waals surface area contributed by atoms with E-state index in [1.54, 1.807) is 18.2 Å². The molecule has 1 aromatic carbocycles. The number of imide groups is 1. The number of carbonyl (C=O) groups is 5. The summed E-state index contributed by atoms with van der Waals surface area (Å²) in [5, 5.41) is 5.14. The third kappa shape index (κ3) is 5.15. The first-order valence-electron chi connectivity index (χ1n) is 10.8. The summed E-state index contributed by atoms with van der Waals surface area (Å²) in [6.45, 7) is 6.55. The number of hydrogen-bond donors (Lipinski definition) is 2. The Hall–Kier alpha value is -3.23. The zero-order valence-corrected chi connectivity index (χ0v) is 18.6. The summed E-state index contributed by atoms with van der Waals surface area (Å²) in [4.78, 5) is 61.2. The monoisotopic (exact) mass is 443 g/mol. The molecule has 0 radical (unpaired) electrons.